The number of benzene rings is 2. The van der Waals surface area contributed by atoms with Crippen molar-refractivity contribution in [3.05, 3.63) is 75.9 Å². The minimum absolute atomic E-state index is 0.0120. The minimum Gasteiger partial charge on any atom is -0.496 e. The summed E-state index contributed by atoms with van der Waals surface area (Å²) in [6, 6.07) is 15.1. The number of rotatable bonds is 5. The van der Waals surface area contributed by atoms with Crippen LogP contribution in [-0.2, 0) is 9.59 Å². The van der Waals surface area contributed by atoms with Gasteiger partial charge in [-0.05, 0) is 57.9 Å². The van der Waals surface area contributed by atoms with Crippen molar-refractivity contribution in [2.24, 2.45) is 0 Å². The molecule has 3 heterocycles. The molecule has 0 spiro atoms. The molecule has 3 aromatic rings. The second kappa shape index (κ2) is 10.7. The number of carbonyl (C=O) groups is 2. The molecule has 8 nitrogen and oxygen atoms in total. The van der Waals surface area contributed by atoms with Gasteiger partial charge in [0.1, 0.15) is 12.3 Å². The Morgan fingerprint density at radius 2 is 1.83 bits per heavy atom. The van der Waals surface area contributed by atoms with Crippen LogP contribution in [-0.4, -0.2) is 66.5 Å². The standard InChI is InChI=1S/C26H24BrN5O3S/c1-35-21-8-7-18(15-19(21)27)16-23-25(34)32(20-5-2-3-6-22(20)36-23)17-24(33)30-11-13-31(14-12-30)26-28-9-4-10-29-26/h2-10,15-16H,11-14,17H2,1H3/b23-16+. The van der Waals surface area contributed by atoms with E-state index in [0.717, 1.165) is 26.4 Å². The molecule has 1 fully saturated rings. The number of nitrogens with zero attached hydrogens (tertiary/aromatic N) is 5. The molecule has 36 heavy (non-hydrogen) atoms. The van der Waals surface area contributed by atoms with Crippen LogP contribution in [0.3, 0.4) is 0 Å². The van der Waals surface area contributed by atoms with Crippen LogP contribution in [0.2, 0.25) is 0 Å². The smallest absolute Gasteiger partial charge is 0.265 e. The number of anilines is 2. The largest absolute Gasteiger partial charge is 0.496 e. The summed E-state index contributed by atoms with van der Waals surface area (Å²) < 4.78 is 6.11. The molecule has 0 bridgehead atoms. The molecule has 0 saturated carbocycles. The maximum Gasteiger partial charge on any atom is 0.265 e. The highest BCUT2D eigenvalue weighted by molar-refractivity contribution is 9.10. The molecule has 2 aromatic carbocycles. The van der Waals surface area contributed by atoms with E-state index in [0.29, 0.717) is 37.0 Å². The Balaban J connectivity index is 1.33. The van der Waals surface area contributed by atoms with Gasteiger partial charge in [0, 0.05) is 43.5 Å². The number of ether oxygens (including phenoxy) is 1. The zero-order valence-electron chi connectivity index (χ0n) is 19.6. The zero-order valence-corrected chi connectivity index (χ0v) is 22.0. The van der Waals surface area contributed by atoms with Gasteiger partial charge in [0.05, 0.1) is 22.2 Å². The van der Waals surface area contributed by atoms with Gasteiger partial charge >= 0.3 is 0 Å². The molecule has 184 valence electrons. The second-order valence-corrected chi connectivity index (χ2v) is 10.2. The maximum absolute atomic E-state index is 13.6. The van der Waals surface area contributed by atoms with Crippen molar-refractivity contribution in [1.29, 1.82) is 0 Å². The molecule has 0 aliphatic carbocycles. The fraction of sp³-hybridized carbons (Fsp3) is 0.231. The first kappa shape index (κ1) is 24.3. The Morgan fingerprint density at radius 1 is 1.08 bits per heavy atom. The van der Waals surface area contributed by atoms with Crippen molar-refractivity contribution in [1.82, 2.24) is 14.9 Å². The van der Waals surface area contributed by atoms with Crippen LogP contribution >= 0.6 is 27.7 Å². The summed E-state index contributed by atoms with van der Waals surface area (Å²) in [7, 11) is 1.61. The number of amides is 2. The summed E-state index contributed by atoms with van der Waals surface area (Å²) in [5, 5.41) is 0. The Kier molecular flexibility index (Phi) is 7.24. The minimum atomic E-state index is -0.185. The van der Waals surface area contributed by atoms with Gasteiger partial charge in [-0.2, -0.15) is 0 Å². The van der Waals surface area contributed by atoms with E-state index in [-0.39, 0.29) is 18.4 Å². The highest BCUT2D eigenvalue weighted by atomic mass is 79.9. The van der Waals surface area contributed by atoms with Gasteiger partial charge in [-0.25, -0.2) is 9.97 Å². The SMILES string of the molecule is COc1ccc(/C=C2/Sc3ccccc3N(CC(=O)N3CCN(c4ncccn4)CC3)C2=O)cc1Br. The van der Waals surface area contributed by atoms with Crippen LogP contribution in [0, 0.1) is 0 Å². The van der Waals surface area contributed by atoms with Crippen molar-refractivity contribution < 1.29 is 14.3 Å². The van der Waals surface area contributed by atoms with E-state index in [1.165, 1.54) is 11.8 Å². The van der Waals surface area contributed by atoms with Gasteiger partial charge in [0.2, 0.25) is 11.9 Å². The molecule has 2 aliphatic rings. The van der Waals surface area contributed by atoms with E-state index in [1.807, 2.05) is 48.5 Å². The molecule has 1 aromatic heterocycles. The van der Waals surface area contributed by atoms with E-state index >= 15 is 0 Å². The van der Waals surface area contributed by atoms with Crippen molar-refractivity contribution in [2.75, 3.05) is 49.6 Å². The van der Waals surface area contributed by atoms with Crippen LogP contribution in [0.5, 0.6) is 5.75 Å². The fourth-order valence-corrected chi connectivity index (χ4v) is 5.81. The molecule has 0 N–H and O–H groups in total. The van der Waals surface area contributed by atoms with E-state index in [1.54, 1.807) is 35.4 Å². The lowest BCUT2D eigenvalue weighted by Crippen LogP contribution is -2.52. The number of thioether (sulfide) groups is 1. The van der Waals surface area contributed by atoms with Crippen molar-refractivity contribution in [3.63, 3.8) is 0 Å². The topological polar surface area (TPSA) is 78.9 Å². The number of para-hydroxylation sites is 1. The van der Waals surface area contributed by atoms with Crippen molar-refractivity contribution >= 4 is 57.2 Å². The van der Waals surface area contributed by atoms with Gasteiger partial charge in [0.25, 0.3) is 5.91 Å². The lowest BCUT2D eigenvalue weighted by Gasteiger charge is -2.36. The predicted octanol–water partition coefficient (Wildman–Crippen LogP) is 4.08. The number of hydrogen-bond donors (Lipinski definition) is 0. The van der Waals surface area contributed by atoms with Gasteiger partial charge in [0.15, 0.2) is 0 Å². The number of halogens is 1. The first-order valence-electron chi connectivity index (χ1n) is 11.5. The highest BCUT2D eigenvalue weighted by Crippen LogP contribution is 2.42. The third kappa shape index (κ3) is 5.10. The molecule has 1 saturated heterocycles. The summed E-state index contributed by atoms with van der Waals surface area (Å²) >= 11 is 4.92. The molecular weight excluding hydrogens is 542 g/mol. The lowest BCUT2D eigenvalue weighted by molar-refractivity contribution is -0.131. The quantitative estimate of drug-likeness (QED) is 0.431. The average molecular weight is 566 g/mol. The van der Waals surface area contributed by atoms with E-state index in [9.17, 15) is 9.59 Å². The first-order chi connectivity index (χ1) is 17.5. The van der Waals surface area contributed by atoms with Gasteiger partial charge < -0.3 is 14.5 Å². The van der Waals surface area contributed by atoms with Crippen LogP contribution < -0.4 is 14.5 Å². The predicted molar refractivity (Wildman–Crippen MR) is 144 cm³/mol. The summed E-state index contributed by atoms with van der Waals surface area (Å²) in [5.74, 6) is 1.12. The highest BCUT2D eigenvalue weighted by Gasteiger charge is 2.32. The number of aromatic nitrogens is 2. The molecule has 0 unspecified atom stereocenters. The van der Waals surface area contributed by atoms with Crippen LogP contribution in [0.25, 0.3) is 6.08 Å². The molecular formula is C26H24BrN5O3S. The second-order valence-electron chi connectivity index (χ2n) is 8.28. The summed E-state index contributed by atoms with van der Waals surface area (Å²) in [5.41, 5.74) is 1.62. The van der Waals surface area contributed by atoms with Crippen LogP contribution in [0.15, 0.2) is 75.2 Å². The van der Waals surface area contributed by atoms with Crippen molar-refractivity contribution in [3.8, 4) is 5.75 Å². The third-order valence-corrected chi connectivity index (χ3v) is 7.76. The van der Waals surface area contributed by atoms with E-state index < -0.39 is 0 Å². The molecule has 10 heteroatoms. The molecule has 5 rings (SSSR count). The lowest BCUT2D eigenvalue weighted by atomic mass is 10.2. The third-order valence-electron chi connectivity index (χ3n) is 6.07. The zero-order chi connectivity index (χ0) is 25.1. The van der Waals surface area contributed by atoms with Crippen LogP contribution in [0.4, 0.5) is 11.6 Å². The summed E-state index contributed by atoms with van der Waals surface area (Å²) in [6.07, 6.45) is 5.28. The number of methoxy groups -OCH3 is 1. The van der Waals surface area contributed by atoms with E-state index in [4.69, 9.17) is 4.74 Å². The number of fused-ring (bicyclic) bond motifs is 1. The number of hydrogen-bond acceptors (Lipinski definition) is 7. The molecule has 2 amide bonds. The summed E-state index contributed by atoms with van der Waals surface area (Å²) in [6.45, 7) is 2.39. The van der Waals surface area contributed by atoms with Crippen molar-refractivity contribution in [2.45, 2.75) is 4.90 Å². The fourth-order valence-electron chi connectivity index (χ4n) is 4.19. The maximum atomic E-state index is 13.6. The van der Waals surface area contributed by atoms with Gasteiger partial charge in [-0.3, -0.25) is 14.5 Å². The number of carbonyl (C=O) groups excluding carboxylic acids is 2. The molecule has 2 aliphatic heterocycles. The monoisotopic (exact) mass is 565 g/mol. The van der Waals surface area contributed by atoms with Crippen LogP contribution in [0.1, 0.15) is 5.56 Å². The summed E-state index contributed by atoms with van der Waals surface area (Å²) in [4.78, 5) is 42.4. The Morgan fingerprint density at radius 3 is 2.56 bits per heavy atom. The average Bonchev–Trinajstić information content (AvgIpc) is 2.91. The normalized spacial score (nSPS) is 16.8. The Labute approximate surface area is 222 Å². The molecule has 0 radical (unpaired) electrons. The van der Waals surface area contributed by atoms with E-state index in [2.05, 4.69) is 30.8 Å². The van der Waals surface area contributed by atoms with Gasteiger partial charge in [-0.15, -0.1) is 0 Å². The Bertz CT molecular complexity index is 1310. The van der Waals surface area contributed by atoms with Gasteiger partial charge in [-0.1, -0.05) is 30.0 Å². The Hall–Kier alpha value is -3.37. The number of piperazine rings is 1. The molecule has 0 atom stereocenters. The first-order valence-corrected chi connectivity index (χ1v) is 13.1.